The predicted molar refractivity (Wildman–Crippen MR) is 52.0 cm³/mol. The van der Waals surface area contributed by atoms with Crippen LogP contribution in [0.2, 0.25) is 0 Å². The minimum absolute atomic E-state index is 0.550. The van der Waals surface area contributed by atoms with Gasteiger partial charge < -0.3 is 5.32 Å². The van der Waals surface area contributed by atoms with Gasteiger partial charge in [0.1, 0.15) is 5.71 Å². The van der Waals surface area contributed by atoms with Crippen LogP contribution in [0.4, 0.5) is 4.79 Å². The average molecular weight is 193 g/mol. The Kier molecular flexibility index (Phi) is 3.60. The third-order valence-corrected chi connectivity index (χ3v) is 1.51. The molecule has 0 bridgehead atoms. The standard InChI is InChI=1S/C9H11N3O2/c1-7(12-14-9(13)10-2)8-5-3-4-6-11-8/h3-6H,1-2H3,(H,10,13)/b12-7-. The molecule has 0 fully saturated rings. The first-order valence-corrected chi connectivity index (χ1v) is 4.08. The number of nitrogens with zero attached hydrogens (tertiary/aromatic N) is 2. The number of rotatable bonds is 2. The summed E-state index contributed by atoms with van der Waals surface area (Å²) in [6, 6.07) is 5.42. The van der Waals surface area contributed by atoms with Gasteiger partial charge >= 0.3 is 6.09 Å². The molecule has 0 aliphatic rings. The van der Waals surface area contributed by atoms with E-state index in [1.165, 1.54) is 7.05 Å². The molecule has 1 N–H and O–H groups in total. The van der Waals surface area contributed by atoms with Crippen LogP contribution >= 0.6 is 0 Å². The maximum Gasteiger partial charge on any atom is 0.433 e. The number of pyridine rings is 1. The third-order valence-electron chi connectivity index (χ3n) is 1.51. The van der Waals surface area contributed by atoms with E-state index in [-0.39, 0.29) is 0 Å². The van der Waals surface area contributed by atoms with E-state index in [0.29, 0.717) is 11.4 Å². The van der Waals surface area contributed by atoms with Crippen LogP contribution in [0.25, 0.3) is 0 Å². The highest BCUT2D eigenvalue weighted by Gasteiger charge is 2.00. The first kappa shape index (κ1) is 10.2. The molecule has 0 saturated carbocycles. The van der Waals surface area contributed by atoms with Crippen molar-refractivity contribution in [1.29, 1.82) is 0 Å². The lowest BCUT2D eigenvalue weighted by atomic mass is 10.3. The summed E-state index contributed by atoms with van der Waals surface area (Å²) < 4.78 is 0. The average Bonchev–Trinajstić information content (AvgIpc) is 2.26. The van der Waals surface area contributed by atoms with Crippen molar-refractivity contribution in [1.82, 2.24) is 10.3 Å². The number of hydrogen-bond acceptors (Lipinski definition) is 4. The molecule has 1 heterocycles. The van der Waals surface area contributed by atoms with Gasteiger partial charge in [0.05, 0.1) is 5.69 Å². The van der Waals surface area contributed by atoms with E-state index in [2.05, 4.69) is 20.3 Å². The Labute approximate surface area is 81.8 Å². The number of hydrogen-bond donors (Lipinski definition) is 1. The molecule has 0 aromatic carbocycles. The van der Waals surface area contributed by atoms with Crippen LogP contribution in [0.1, 0.15) is 12.6 Å². The molecule has 74 valence electrons. The van der Waals surface area contributed by atoms with Gasteiger partial charge in [0.15, 0.2) is 0 Å². The zero-order valence-electron chi connectivity index (χ0n) is 8.02. The second-order valence-electron chi connectivity index (χ2n) is 2.52. The summed E-state index contributed by atoms with van der Waals surface area (Å²) >= 11 is 0. The molecule has 1 aromatic heterocycles. The second-order valence-corrected chi connectivity index (χ2v) is 2.52. The molecule has 0 unspecified atom stereocenters. The van der Waals surface area contributed by atoms with Crippen molar-refractivity contribution in [2.45, 2.75) is 6.92 Å². The maximum absolute atomic E-state index is 10.7. The molecule has 0 saturated heterocycles. The van der Waals surface area contributed by atoms with E-state index >= 15 is 0 Å². The highest BCUT2D eigenvalue weighted by molar-refractivity contribution is 5.96. The largest absolute Gasteiger partial charge is 0.433 e. The summed E-state index contributed by atoms with van der Waals surface area (Å²) in [7, 11) is 1.47. The Morgan fingerprint density at radius 3 is 2.93 bits per heavy atom. The third kappa shape index (κ3) is 2.85. The molecule has 5 heteroatoms. The molecule has 0 atom stereocenters. The molecule has 0 aliphatic heterocycles. The van der Waals surface area contributed by atoms with Crippen molar-refractivity contribution < 1.29 is 9.63 Å². The fourth-order valence-electron chi connectivity index (χ4n) is 0.779. The van der Waals surface area contributed by atoms with E-state index in [9.17, 15) is 4.79 Å². The molecule has 1 amide bonds. The van der Waals surface area contributed by atoms with Gasteiger partial charge in [-0.05, 0) is 19.1 Å². The van der Waals surface area contributed by atoms with E-state index in [0.717, 1.165) is 0 Å². The zero-order valence-corrected chi connectivity index (χ0v) is 8.02. The molecular weight excluding hydrogens is 182 g/mol. The van der Waals surface area contributed by atoms with Gasteiger partial charge in [-0.15, -0.1) is 0 Å². The summed E-state index contributed by atoms with van der Waals surface area (Å²) in [5.74, 6) is 0. The minimum Gasteiger partial charge on any atom is -0.323 e. The quantitative estimate of drug-likeness (QED) is 0.435. The van der Waals surface area contributed by atoms with Gasteiger partial charge in [0.25, 0.3) is 0 Å². The van der Waals surface area contributed by atoms with Crippen LogP contribution in [0.3, 0.4) is 0 Å². The highest BCUT2D eigenvalue weighted by atomic mass is 16.7. The first-order chi connectivity index (χ1) is 6.74. The summed E-state index contributed by atoms with van der Waals surface area (Å²) in [4.78, 5) is 19.2. The van der Waals surface area contributed by atoms with E-state index in [1.807, 2.05) is 6.07 Å². The zero-order chi connectivity index (χ0) is 10.4. The number of carbonyl (C=O) groups excluding carboxylic acids is 1. The number of aromatic nitrogens is 1. The Morgan fingerprint density at radius 1 is 1.57 bits per heavy atom. The fourth-order valence-corrected chi connectivity index (χ4v) is 0.779. The Bertz CT molecular complexity index is 335. The monoisotopic (exact) mass is 193 g/mol. The van der Waals surface area contributed by atoms with Gasteiger partial charge in [-0.2, -0.15) is 0 Å². The molecule has 5 nitrogen and oxygen atoms in total. The van der Waals surface area contributed by atoms with Crippen LogP contribution in [0.15, 0.2) is 29.6 Å². The summed E-state index contributed by atoms with van der Waals surface area (Å²) in [6.07, 6.45) is 1.05. The van der Waals surface area contributed by atoms with Gasteiger partial charge in [-0.1, -0.05) is 11.2 Å². The van der Waals surface area contributed by atoms with E-state index in [4.69, 9.17) is 0 Å². The number of amides is 1. The van der Waals surface area contributed by atoms with Crippen molar-refractivity contribution >= 4 is 11.8 Å². The predicted octanol–water partition coefficient (Wildman–Crippen LogP) is 1.16. The van der Waals surface area contributed by atoms with Gasteiger partial charge in [0.2, 0.25) is 0 Å². The Balaban J connectivity index is 2.66. The van der Waals surface area contributed by atoms with Crippen molar-refractivity contribution in [3.8, 4) is 0 Å². The van der Waals surface area contributed by atoms with Crippen LogP contribution < -0.4 is 5.32 Å². The maximum atomic E-state index is 10.7. The van der Waals surface area contributed by atoms with Crippen LogP contribution in [0, 0.1) is 0 Å². The highest BCUT2D eigenvalue weighted by Crippen LogP contribution is 1.96. The number of carbonyl (C=O) groups is 1. The van der Waals surface area contributed by atoms with E-state index < -0.39 is 6.09 Å². The fraction of sp³-hybridized carbons (Fsp3) is 0.222. The van der Waals surface area contributed by atoms with Crippen molar-refractivity contribution in [2.24, 2.45) is 5.16 Å². The van der Waals surface area contributed by atoms with Crippen molar-refractivity contribution in [3.63, 3.8) is 0 Å². The molecule has 14 heavy (non-hydrogen) atoms. The molecule has 0 radical (unpaired) electrons. The molecule has 0 spiro atoms. The normalized spacial score (nSPS) is 10.9. The lowest BCUT2D eigenvalue weighted by Crippen LogP contribution is -2.17. The van der Waals surface area contributed by atoms with Crippen LogP contribution in [0.5, 0.6) is 0 Å². The molecule has 0 aliphatic carbocycles. The first-order valence-electron chi connectivity index (χ1n) is 4.08. The summed E-state index contributed by atoms with van der Waals surface area (Å²) in [6.45, 7) is 1.71. The van der Waals surface area contributed by atoms with Crippen molar-refractivity contribution in [3.05, 3.63) is 30.1 Å². The van der Waals surface area contributed by atoms with E-state index in [1.54, 1.807) is 25.3 Å². The van der Waals surface area contributed by atoms with Crippen LogP contribution in [-0.2, 0) is 4.84 Å². The summed E-state index contributed by atoms with van der Waals surface area (Å²) in [5.41, 5.74) is 1.23. The van der Waals surface area contributed by atoms with Gasteiger partial charge in [0, 0.05) is 13.2 Å². The Morgan fingerprint density at radius 2 is 2.36 bits per heavy atom. The smallest absolute Gasteiger partial charge is 0.323 e. The molecule has 1 rings (SSSR count). The molecule has 1 aromatic rings. The summed E-state index contributed by atoms with van der Waals surface area (Å²) in [5, 5.41) is 5.89. The van der Waals surface area contributed by atoms with Gasteiger partial charge in [-0.3, -0.25) is 9.82 Å². The second kappa shape index (κ2) is 4.96. The van der Waals surface area contributed by atoms with Crippen molar-refractivity contribution in [2.75, 3.05) is 7.05 Å². The number of oxime groups is 1. The minimum atomic E-state index is -0.597. The Hall–Kier alpha value is -1.91. The SMILES string of the molecule is CNC(=O)O/N=C(/C)c1ccccn1. The van der Waals surface area contributed by atoms with Crippen LogP contribution in [-0.4, -0.2) is 23.8 Å². The lowest BCUT2D eigenvalue weighted by Gasteiger charge is -1.98. The number of nitrogens with one attached hydrogen (secondary N) is 1. The van der Waals surface area contributed by atoms with Gasteiger partial charge in [-0.25, -0.2) is 4.79 Å². The molecular formula is C9H11N3O2. The topological polar surface area (TPSA) is 63.6 Å². The lowest BCUT2D eigenvalue weighted by molar-refractivity contribution is 0.153.